The molecule has 0 aromatic carbocycles. The molecule has 0 saturated carbocycles. The zero-order valence-electron chi connectivity index (χ0n) is 9.86. The minimum atomic E-state index is -0.770. The van der Waals surface area contributed by atoms with Crippen LogP contribution in [0.4, 0.5) is 0 Å². The Morgan fingerprint density at radius 3 is 2.81 bits per heavy atom. The van der Waals surface area contributed by atoms with Crippen molar-refractivity contribution in [2.75, 3.05) is 6.54 Å². The maximum Gasteiger partial charge on any atom is 0.307 e. The highest BCUT2D eigenvalue weighted by Gasteiger charge is 2.14. The minimum Gasteiger partial charge on any atom is -0.481 e. The van der Waals surface area contributed by atoms with Crippen LogP contribution in [0.3, 0.4) is 0 Å². The molecule has 0 aliphatic rings. The Labute approximate surface area is 99.7 Å². The van der Waals surface area contributed by atoms with Gasteiger partial charge in [-0.3, -0.25) is 4.79 Å². The van der Waals surface area contributed by atoms with Crippen molar-refractivity contribution in [1.82, 2.24) is 10.3 Å². The predicted molar refractivity (Wildman–Crippen MR) is 64.7 cm³/mol. The third kappa shape index (κ3) is 3.57. The number of carboxylic acid groups (broad SMARTS) is 1. The lowest BCUT2D eigenvalue weighted by Crippen LogP contribution is -2.28. The standard InChI is InChI=1S/C11H18N2O2S/c1-4-9-6-13-10(16-9)8(3)12-5-7(2)11(14)15/h6-8,12H,4-5H2,1-3H3,(H,14,15). The molecule has 0 aliphatic heterocycles. The average molecular weight is 242 g/mol. The highest BCUT2D eigenvalue weighted by atomic mass is 32.1. The molecule has 1 heterocycles. The van der Waals surface area contributed by atoms with Gasteiger partial charge < -0.3 is 10.4 Å². The van der Waals surface area contributed by atoms with Gasteiger partial charge in [0.05, 0.1) is 12.0 Å². The second-order valence-corrected chi connectivity index (χ2v) is 5.03. The van der Waals surface area contributed by atoms with Crippen LogP contribution in [-0.4, -0.2) is 22.6 Å². The quantitative estimate of drug-likeness (QED) is 0.801. The number of nitrogens with one attached hydrogen (secondary N) is 1. The third-order valence-corrected chi connectivity index (χ3v) is 3.77. The molecule has 4 nitrogen and oxygen atoms in total. The van der Waals surface area contributed by atoms with Crippen molar-refractivity contribution in [1.29, 1.82) is 0 Å². The van der Waals surface area contributed by atoms with Crippen molar-refractivity contribution < 1.29 is 9.90 Å². The summed E-state index contributed by atoms with van der Waals surface area (Å²) in [4.78, 5) is 16.2. The van der Waals surface area contributed by atoms with Crippen molar-refractivity contribution in [3.8, 4) is 0 Å². The molecule has 2 atom stereocenters. The van der Waals surface area contributed by atoms with Crippen LogP contribution < -0.4 is 5.32 Å². The molecule has 0 bridgehead atoms. The molecular formula is C11H18N2O2S. The normalized spacial score (nSPS) is 14.7. The highest BCUT2D eigenvalue weighted by Crippen LogP contribution is 2.20. The monoisotopic (exact) mass is 242 g/mol. The number of carbonyl (C=O) groups is 1. The number of aryl methyl sites for hydroxylation is 1. The molecule has 2 N–H and O–H groups in total. The molecular weight excluding hydrogens is 224 g/mol. The zero-order valence-corrected chi connectivity index (χ0v) is 10.7. The van der Waals surface area contributed by atoms with E-state index >= 15 is 0 Å². The predicted octanol–water partition coefficient (Wildman–Crippen LogP) is 2.08. The van der Waals surface area contributed by atoms with Crippen LogP contribution in [0.5, 0.6) is 0 Å². The zero-order chi connectivity index (χ0) is 12.1. The summed E-state index contributed by atoms with van der Waals surface area (Å²) in [6, 6.07) is 0.118. The fraction of sp³-hybridized carbons (Fsp3) is 0.636. The summed E-state index contributed by atoms with van der Waals surface area (Å²) in [5.41, 5.74) is 0. The number of aromatic nitrogens is 1. The van der Waals surface area contributed by atoms with E-state index in [1.54, 1.807) is 18.3 Å². The van der Waals surface area contributed by atoms with Gasteiger partial charge in [0.15, 0.2) is 0 Å². The Bertz CT molecular complexity index is 352. The first kappa shape index (κ1) is 13.1. The van der Waals surface area contributed by atoms with Gasteiger partial charge in [-0.05, 0) is 13.3 Å². The van der Waals surface area contributed by atoms with Crippen LogP contribution in [0.1, 0.15) is 36.7 Å². The lowest BCUT2D eigenvalue weighted by molar-refractivity contribution is -0.140. The summed E-state index contributed by atoms with van der Waals surface area (Å²) < 4.78 is 0. The first-order valence-electron chi connectivity index (χ1n) is 5.45. The van der Waals surface area contributed by atoms with E-state index in [0.717, 1.165) is 11.4 Å². The first-order chi connectivity index (χ1) is 7.54. The number of carboxylic acids is 1. The fourth-order valence-electron chi connectivity index (χ4n) is 1.21. The van der Waals surface area contributed by atoms with E-state index in [1.807, 2.05) is 13.1 Å². The van der Waals surface area contributed by atoms with Gasteiger partial charge in [-0.2, -0.15) is 0 Å². The topological polar surface area (TPSA) is 62.2 Å². The molecule has 0 saturated heterocycles. The van der Waals surface area contributed by atoms with E-state index in [0.29, 0.717) is 6.54 Å². The lowest BCUT2D eigenvalue weighted by atomic mass is 10.2. The SMILES string of the molecule is CCc1cnc(C(C)NCC(C)C(=O)O)s1. The second kappa shape index (κ2) is 5.96. The van der Waals surface area contributed by atoms with Crippen molar-refractivity contribution in [2.24, 2.45) is 5.92 Å². The smallest absolute Gasteiger partial charge is 0.307 e. The van der Waals surface area contributed by atoms with Crippen molar-refractivity contribution in [3.05, 3.63) is 16.1 Å². The van der Waals surface area contributed by atoms with Gasteiger partial charge >= 0.3 is 5.97 Å². The summed E-state index contributed by atoms with van der Waals surface area (Å²) in [6.45, 7) is 6.27. The highest BCUT2D eigenvalue weighted by molar-refractivity contribution is 7.11. The molecule has 5 heteroatoms. The number of rotatable bonds is 6. The Balaban J connectivity index is 2.46. The van der Waals surface area contributed by atoms with Crippen LogP contribution >= 0.6 is 11.3 Å². The summed E-state index contributed by atoms with van der Waals surface area (Å²) in [6.07, 6.45) is 2.88. The van der Waals surface area contributed by atoms with E-state index < -0.39 is 5.97 Å². The van der Waals surface area contributed by atoms with Gasteiger partial charge in [0.2, 0.25) is 0 Å². The molecule has 16 heavy (non-hydrogen) atoms. The maximum atomic E-state index is 10.6. The molecule has 0 amide bonds. The van der Waals surface area contributed by atoms with Crippen molar-refractivity contribution in [2.45, 2.75) is 33.2 Å². The van der Waals surface area contributed by atoms with E-state index in [2.05, 4.69) is 17.2 Å². The van der Waals surface area contributed by atoms with Gasteiger partial charge in [0, 0.05) is 17.6 Å². The van der Waals surface area contributed by atoms with Crippen LogP contribution in [0.15, 0.2) is 6.20 Å². The minimum absolute atomic E-state index is 0.118. The van der Waals surface area contributed by atoms with Crippen LogP contribution in [0, 0.1) is 5.92 Å². The summed E-state index contributed by atoms with van der Waals surface area (Å²) in [7, 11) is 0. The number of hydrogen-bond acceptors (Lipinski definition) is 4. The molecule has 90 valence electrons. The summed E-state index contributed by atoms with van der Waals surface area (Å²) in [5.74, 6) is -1.14. The number of nitrogens with zero attached hydrogens (tertiary/aromatic N) is 1. The van der Waals surface area contributed by atoms with Gasteiger partial charge in [-0.15, -0.1) is 11.3 Å². The Kier molecular flexibility index (Phi) is 4.89. The van der Waals surface area contributed by atoms with Gasteiger partial charge in [-0.25, -0.2) is 4.98 Å². The van der Waals surface area contributed by atoms with Crippen LogP contribution in [0.25, 0.3) is 0 Å². The van der Waals surface area contributed by atoms with Gasteiger partial charge in [-0.1, -0.05) is 13.8 Å². The van der Waals surface area contributed by atoms with E-state index in [4.69, 9.17) is 5.11 Å². The first-order valence-corrected chi connectivity index (χ1v) is 6.27. The van der Waals surface area contributed by atoms with E-state index in [-0.39, 0.29) is 12.0 Å². The lowest BCUT2D eigenvalue weighted by Gasteiger charge is -2.13. The summed E-state index contributed by atoms with van der Waals surface area (Å²) in [5, 5.41) is 13.0. The third-order valence-electron chi connectivity index (χ3n) is 2.44. The molecule has 1 aromatic heterocycles. The molecule has 2 unspecified atom stereocenters. The molecule has 1 aromatic rings. The molecule has 0 aliphatic carbocycles. The second-order valence-electron chi connectivity index (χ2n) is 3.89. The molecule has 0 fully saturated rings. The van der Waals surface area contributed by atoms with Crippen molar-refractivity contribution >= 4 is 17.3 Å². The van der Waals surface area contributed by atoms with Gasteiger partial charge in [0.25, 0.3) is 0 Å². The molecule has 0 radical (unpaired) electrons. The molecule has 0 spiro atoms. The number of hydrogen-bond donors (Lipinski definition) is 2. The Morgan fingerprint density at radius 2 is 2.31 bits per heavy atom. The number of aliphatic carboxylic acids is 1. The van der Waals surface area contributed by atoms with E-state index in [1.165, 1.54) is 4.88 Å². The Hall–Kier alpha value is -0.940. The Morgan fingerprint density at radius 1 is 1.62 bits per heavy atom. The van der Waals surface area contributed by atoms with Crippen LogP contribution in [0.2, 0.25) is 0 Å². The largest absolute Gasteiger partial charge is 0.481 e. The fourth-order valence-corrected chi connectivity index (χ4v) is 2.10. The van der Waals surface area contributed by atoms with Gasteiger partial charge in [0.1, 0.15) is 5.01 Å². The maximum absolute atomic E-state index is 10.6. The van der Waals surface area contributed by atoms with Crippen LogP contribution in [-0.2, 0) is 11.2 Å². The summed E-state index contributed by atoms with van der Waals surface area (Å²) >= 11 is 1.68. The molecule has 1 rings (SSSR count). The van der Waals surface area contributed by atoms with Crippen molar-refractivity contribution in [3.63, 3.8) is 0 Å². The van der Waals surface area contributed by atoms with E-state index in [9.17, 15) is 4.79 Å². The number of thiazole rings is 1. The average Bonchev–Trinajstić information content (AvgIpc) is 2.73.